The quantitative estimate of drug-likeness (QED) is 0.848. The first-order valence-corrected chi connectivity index (χ1v) is 8.90. The summed E-state index contributed by atoms with van der Waals surface area (Å²) in [5, 5.41) is 5.17. The summed E-state index contributed by atoms with van der Waals surface area (Å²) < 4.78 is 0. The molecule has 4 nitrogen and oxygen atoms in total. The topological polar surface area (TPSA) is 58.4 Å². The van der Waals surface area contributed by atoms with Crippen molar-refractivity contribution in [2.45, 2.75) is 32.4 Å². The van der Waals surface area contributed by atoms with Gasteiger partial charge in [0, 0.05) is 35.7 Å². The molecule has 0 saturated carbocycles. The minimum absolute atomic E-state index is 0.0998. The zero-order valence-corrected chi connectivity index (χ0v) is 14.4. The molecule has 23 heavy (non-hydrogen) atoms. The van der Waals surface area contributed by atoms with E-state index in [1.54, 1.807) is 12.1 Å². The van der Waals surface area contributed by atoms with Crippen LogP contribution in [0, 0.1) is 0 Å². The van der Waals surface area contributed by atoms with Gasteiger partial charge in [-0.05, 0) is 49.4 Å². The number of para-hydroxylation sites is 1. The van der Waals surface area contributed by atoms with Crippen molar-refractivity contribution >= 4 is 22.9 Å². The van der Waals surface area contributed by atoms with Crippen molar-refractivity contribution in [1.82, 2.24) is 10.2 Å². The van der Waals surface area contributed by atoms with Gasteiger partial charge in [0.25, 0.3) is 5.91 Å². The molecule has 5 heteroatoms. The average molecular weight is 329 g/mol. The van der Waals surface area contributed by atoms with Crippen molar-refractivity contribution in [2.75, 3.05) is 18.8 Å². The third-order valence-electron chi connectivity index (χ3n) is 4.60. The monoisotopic (exact) mass is 329 g/mol. The van der Waals surface area contributed by atoms with Gasteiger partial charge in [0.05, 0.1) is 5.56 Å². The predicted octanol–water partition coefficient (Wildman–Crippen LogP) is 3.07. The van der Waals surface area contributed by atoms with Crippen LogP contribution >= 0.6 is 11.3 Å². The highest BCUT2D eigenvalue weighted by Gasteiger charge is 2.29. The van der Waals surface area contributed by atoms with Crippen molar-refractivity contribution in [3.8, 4) is 0 Å². The number of nitrogen functional groups attached to an aromatic ring is 1. The molecule has 0 saturated heterocycles. The van der Waals surface area contributed by atoms with Crippen LogP contribution in [0.2, 0.25) is 0 Å². The Bertz CT molecular complexity index is 697. The summed E-state index contributed by atoms with van der Waals surface area (Å²) in [5.41, 5.74) is 8.40. The summed E-state index contributed by atoms with van der Waals surface area (Å²) in [5.74, 6) is -0.0998. The summed E-state index contributed by atoms with van der Waals surface area (Å²) in [4.78, 5) is 16.1. The van der Waals surface area contributed by atoms with Gasteiger partial charge in [-0.3, -0.25) is 9.69 Å². The smallest absolute Gasteiger partial charge is 0.253 e. The molecule has 1 aliphatic rings. The molecule has 1 aromatic heterocycles. The molecule has 0 aliphatic carbocycles. The van der Waals surface area contributed by atoms with Crippen LogP contribution in [-0.2, 0) is 6.42 Å². The third kappa shape index (κ3) is 3.26. The molecule has 3 rings (SSSR count). The molecule has 2 atom stereocenters. The normalized spacial score (nSPS) is 21.0. The summed E-state index contributed by atoms with van der Waals surface area (Å²) in [6.45, 7) is 5.98. The Kier molecular flexibility index (Phi) is 4.68. The van der Waals surface area contributed by atoms with E-state index < -0.39 is 0 Å². The Labute approximate surface area is 141 Å². The minimum atomic E-state index is -0.0998. The Morgan fingerprint density at radius 3 is 2.91 bits per heavy atom. The maximum absolute atomic E-state index is 12.2. The minimum Gasteiger partial charge on any atom is -0.398 e. The Balaban J connectivity index is 1.59. The van der Waals surface area contributed by atoms with Crippen LogP contribution in [0.3, 0.4) is 0 Å². The lowest BCUT2D eigenvalue weighted by Gasteiger charge is -2.38. The first-order valence-electron chi connectivity index (χ1n) is 8.02. The number of amides is 1. The van der Waals surface area contributed by atoms with Crippen molar-refractivity contribution in [3.05, 3.63) is 51.7 Å². The zero-order valence-electron chi connectivity index (χ0n) is 13.6. The van der Waals surface area contributed by atoms with Gasteiger partial charge >= 0.3 is 0 Å². The van der Waals surface area contributed by atoms with E-state index in [1.807, 2.05) is 23.5 Å². The Morgan fingerprint density at radius 2 is 2.13 bits per heavy atom. The summed E-state index contributed by atoms with van der Waals surface area (Å²) >= 11 is 1.83. The highest BCUT2D eigenvalue weighted by atomic mass is 32.1. The molecule has 1 aromatic carbocycles. The van der Waals surface area contributed by atoms with Gasteiger partial charge in [-0.15, -0.1) is 11.3 Å². The number of thiophene rings is 1. The first-order chi connectivity index (χ1) is 11.1. The number of nitrogens with two attached hydrogens (primary N) is 1. The van der Waals surface area contributed by atoms with Gasteiger partial charge < -0.3 is 11.1 Å². The van der Waals surface area contributed by atoms with Crippen molar-refractivity contribution in [3.63, 3.8) is 0 Å². The van der Waals surface area contributed by atoms with Crippen LogP contribution in [0.1, 0.15) is 40.7 Å². The number of benzene rings is 1. The number of hydrogen-bond acceptors (Lipinski definition) is 4. The summed E-state index contributed by atoms with van der Waals surface area (Å²) in [6, 6.07) is 10.3. The van der Waals surface area contributed by atoms with Gasteiger partial charge in [0.2, 0.25) is 0 Å². The highest BCUT2D eigenvalue weighted by molar-refractivity contribution is 7.10. The van der Waals surface area contributed by atoms with E-state index in [4.69, 9.17) is 5.73 Å². The van der Waals surface area contributed by atoms with Crippen molar-refractivity contribution in [2.24, 2.45) is 0 Å². The fourth-order valence-corrected chi connectivity index (χ4v) is 4.38. The maximum Gasteiger partial charge on any atom is 0.253 e. The number of nitrogens with one attached hydrogen (secondary N) is 1. The van der Waals surface area contributed by atoms with E-state index in [0.717, 1.165) is 13.0 Å². The summed E-state index contributed by atoms with van der Waals surface area (Å²) in [6.07, 6.45) is 1.09. The van der Waals surface area contributed by atoms with Crippen LogP contribution in [-0.4, -0.2) is 29.9 Å². The molecule has 0 radical (unpaired) electrons. The van der Waals surface area contributed by atoms with Crippen molar-refractivity contribution < 1.29 is 4.79 Å². The maximum atomic E-state index is 12.2. The Morgan fingerprint density at radius 1 is 1.35 bits per heavy atom. The van der Waals surface area contributed by atoms with Crippen LogP contribution in [0.5, 0.6) is 0 Å². The molecule has 2 aromatic rings. The van der Waals surface area contributed by atoms with Crippen LogP contribution < -0.4 is 11.1 Å². The van der Waals surface area contributed by atoms with E-state index in [9.17, 15) is 4.79 Å². The SMILES string of the molecule is C[C@@H]1Cc2ccsc2[C@H](C)N1CCNC(=O)c1ccccc1N. The fourth-order valence-electron chi connectivity index (χ4n) is 3.36. The van der Waals surface area contributed by atoms with E-state index in [-0.39, 0.29) is 5.91 Å². The standard InChI is InChI=1S/C18H23N3OS/c1-12-11-14-7-10-23-17(14)13(2)21(12)9-8-20-18(22)15-5-3-4-6-16(15)19/h3-7,10,12-13H,8-9,11,19H2,1-2H3,(H,20,22)/t12-,13+/m1/s1. The molecule has 0 bridgehead atoms. The van der Waals surface area contributed by atoms with Gasteiger partial charge in [-0.2, -0.15) is 0 Å². The molecular weight excluding hydrogens is 306 g/mol. The molecule has 3 N–H and O–H groups in total. The highest BCUT2D eigenvalue weighted by Crippen LogP contribution is 2.35. The fraction of sp³-hybridized carbons (Fsp3) is 0.389. The van der Waals surface area contributed by atoms with E-state index in [1.165, 1.54) is 10.4 Å². The predicted molar refractivity (Wildman–Crippen MR) is 95.8 cm³/mol. The number of nitrogens with zero attached hydrogens (tertiary/aromatic N) is 1. The van der Waals surface area contributed by atoms with Crippen LogP contribution in [0.4, 0.5) is 5.69 Å². The number of fused-ring (bicyclic) bond motifs is 1. The van der Waals surface area contributed by atoms with Crippen LogP contribution in [0.25, 0.3) is 0 Å². The number of rotatable bonds is 4. The van der Waals surface area contributed by atoms with Gasteiger partial charge in [-0.25, -0.2) is 0 Å². The zero-order chi connectivity index (χ0) is 16.4. The molecular formula is C18H23N3OS. The Hall–Kier alpha value is -1.85. The summed E-state index contributed by atoms with van der Waals surface area (Å²) in [7, 11) is 0. The molecule has 0 fully saturated rings. The number of anilines is 1. The van der Waals surface area contributed by atoms with Gasteiger partial charge in [-0.1, -0.05) is 12.1 Å². The lowest BCUT2D eigenvalue weighted by atomic mass is 9.97. The van der Waals surface area contributed by atoms with Gasteiger partial charge in [0.15, 0.2) is 0 Å². The largest absolute Gasteiger partial charge is 0.398 e. The average Bonchev–Trinajstić information content (AvgIpc) is 2.99. The lowest BCUT2D eigenvalue weighted by molar-refractivity contribution is 0.0931. The molecule has 0 spiro atoms. The second kappa shape index (κ2) is 6.72. The number of carbonyl (C=O) groups is 1. The molecule has 1 amide bonds. The van der Waals surface area contributed by atoms with Gasteiger partial charge in [0.1, 0.15) is 0 Å². The molecule has 122 valence electrons. The molecule has 2 heterocycles. The third-order valence-corrected chi connectivity index (χ3v) is 5.73. The lowest BCUT2D eigenvalue weighted by Crippen LogP contribution is -2.44. The second-order valence-corrected chi connectivity index (χ2v) is 7.07. The van der Waals surface area contributed by atoms with E-state index >= 15 is 0 Å². The number of hydrogen-bond donors (Lipinski definition) is 2. The first kappa shape index (κ1) is 16.0. The number of carbonyl (C=O) groups excluding carboxylic acids is 1. The molecule has 0 unspecified atom stereocenters. The van der Waals surface area contributed by atoms with E-state index in [2.05, 4.69) is 35.5 Å². The van der Waals surface area contributed by atoms with E-state index in [0.29, 0.717) is 29.9 Å². The molecule has 1 aliphatic heterocycles. The van der Waals surface area contributed by atoms with Crippen molar-refractivity contribution in [1.29, 1.82) is 0 Å². The van der Waals surface area contributed by atoms with Crippen LogP contribution in [0.15, 0.2) is 35.7 Å². The second-order valence-electron chi connectivity index (χ2n) is 6.12.